The molecule has 604 valence electrons. The van der Waals surface area contributed by atoms with Gasteiger partial charge >= 0.3 is 5.97 Å². The smallest absolute Gasteiger partial charge is 0.315 e. The Kier molecular flexibility index (Phi) is 24.0. The first-order valence-corrected chi connectivity index (χ1v) is 36.6. The Morgan fingerprint density at radius 3 is 1.63 bits per heavy atom. The van der Waals surface area contributed by atoms with E-state index in [1.165, 1.54) is 13.8 Å². The van der Waals surface area contributed by atoms with E-state index < -0.39 is 299 Å². The molecule has 5 aliphatic carbocycles. The fraction of sp³-hybridized carbons (Fsp3) is 0.957. The maximum atomic E-state index is 15.8. The highest BCUT2D eigenvalue weighted by atomic mass is 16.8. The van der Waals surface area contributed by atoms with Crippen molar-refractivity contribution in [2.75, 3.05) is 46.2 Å². The van der Waals surface area contributed by atoms with Crippen LogP contribution in [0, 0.1) is 50.2 Å². The lowest BCUT2D eigenvalue weighted by atomic mass is 9.33. The van der Waals surface area contributed by atoms with Gasteiger partial charge in [-0.25, -0.2) is 0 Å². The molecule has 36 nitrogen and oxygen atoms in total. The number of rotatable bonds is 18. The van der Waals surface area contributed by atoms with Gasteiger partial charge in [-0.3, -0.25) is 4.79 Å². The summed E-state index contributed by atoms with van der Waals surface area (Å²) in [5.74, 6) is -2.41. The fourth-order valence-electron chi connectivity index (χ4n) is 20.3. The van der Waals surface area contributed by atoms with Gasteiger partial charge in [0.1, 0.15) is 128 Å². The second-order valence-electron chi connectivity index (χ2n) is 33.6. The highest BCUT2D eigenvalue weighted by Gasteiger charge is 2.74. The van der Waals surface area contributed by atoms with Crippen LogP contribution in [0.2, 0.25) is 0 Å². The van der Waals surface area contributed by atoms with Crippen LogP contribution in [0.1, 0.15) is 107 Å². The highest BCUT2D eigenvalue weighted by molar-refractivity contribution is 5.79. The molecule has 105 heavy (non-hydrogen) atoms. The largest absolute Gasteiger partial charge is 0.432 e. The van der Waals surface area contributed by atoms with Gasteiger partial charge in [-0.15, -0.1) is 0 Å². The molecule has 21 N–H and O–H groups in total. The van der Waals surface area contributed by atoms with E-state index in [0.717, 1.165) is 5.57 Å². The molecule has 0 bridgehead atoms. The summed E-state index contributed by atoms with van der Waals surface area (Å²) >= 11 is 0. The third-order valence-electron chi connectivity index (χ3n) is 26.6. The molecule has 0 radical (unpaired) electrons. The van der Waals surface area contributed by atoms with Crippen molar-refractivity contribution in [3.05, 3.63) is 11.6 Å². The molecule has 36 heteroatoms. The third-order valence-corrected chi connectivity index (χ3v) is 26.6. The second-order valence-corrected chi connectivity index (χ2v) is 33.6. The standard InChI is InChI=1S/C69H112O36/c1-25-36(78)41(83)45(87)56(95-25)99-47-34(19-71)98-59(51(46(47)88)100-55-44(86)38(80)31(76)20-92-55)102-49-42(84)37(79)26(2)96-58(49)101-48-39(81)32(77)21-93-57(48)105-62(90)68-13-11-63(3,4)15-28(68)27-9-10-35-64(5)16-30(75)54(65(6,22-72)52(64)29(74)17-67(35,8)66(27,7)12-14-68)104-60-50(43(85)40(82)33(18-70)97-60)103-61-53(89)69(91,23-73)24-94-61/h9,25-26,28-61,70-89,91H,10-24H2,1-8H3/t25-,26-,28+,29+,30-,31+,32-,33+,34+,35+,36-,37-,38-,39-,40+,41+,42+,43-,44+,45+,46-,47+,48+,49+,50+,51+,52+,53-,54-,55-,56-,57-,58-,59-,60-,61-,64+,65-,66+,67+,68-,69+/m0/s1. The van der Waals surface area contributed by atoms with Gasteiger partial charge in [0.25, 0.3) is 0 Å². The number of carbonyl (C=O) groups is 1. The fourth-order valence-corrected chi connectivity index (χ4v) is 20.3. The molecule has 0 aromatic heterocycles. The molecule has 11 fully saturated rings. The first-order valence-electron chi connectivity index (χ1n) is 36.6. The van der Waals surface area contributed by atoms with Gasteiger partial charge in [-0.1, -0.05) is 53.2 Å². The van der Waals surface area contributed by atoms with Crippen LogP contribution < -0.4 is 0 Å². The monoisotopic (exact) mass is 1520 g/mol. The van der Waals surface area contributed by atoms with Gasteiger partial charge in [0, 0.05) is 11.3 Å². The van der Waals surface area contributed by atoms with Crippen molar-refractivity contribution in [3.63, 3.8) is 0 Å². The predicted molar refractivity (Wildman–Crippen MR) is 344 cm³/mol. The van der Waals surface area contributed by atoms with Crippen LogP contribution >= 0.6 is 0 Å². The maximum Gasteiger partial charge on any atom is 0.315 e. The molecule has 0 aromatic rings. The van der Waals surface area contributed by atoms with Gasteiger partial charge in [0.05, 0.1) is 82.2 Å². The molecule has 7 heterocycles. The summed E-state index contributed by atoms with van der Waals surface area (Å²) in [5, 5.41) is 235. The molecule has 42 atom stereocenters. The zero-order valence-corrected chi connectivity index (χ0v) is 60.0. The lowest BCUT2D eigenvalue weighted by Crippen LogP contribution is -2.72. The summed E-state index contributed by atoms with van der Waals surface area (Å²) in [6, 6.07) is 0. The van der Waals surface area contributed by atoms with Crippen molar-refractivity contribution in [2.45, 2.75) is 315 Å². The Balaban J connectivity index is 0.803. The van der Waals surface area contributed by atoms with Crippen molar-refractivity contribution < 1.29 is 178 Å². The van der Waals surface area contributed by atoms with Crippen LogP contribution in [0.4, 0.5) is 0 Å². The van der Waals surface area contributed by atoms with Gasteiger partial charge in [0.15, 0.2) is 43.8 Å². The molecule has 12 aliphatic rings. The van der Waals surface area contributed by atoms with Crippen LogP contribution in [0.25, 0.3) is 0 Å². The van der Waals surface area contributed by atoms with Gasteiger partial charge in [-0.2, -0.15) is 0 Å². The number of aliphatic hydroxyl groups is 21. The van der Waals surface area contributed by atoms with Crippen LogP contribution in [0.5, 0.6) is 0 Å². The minimum Gasteiger partial charge on any atom is -0.432 e. The molecule has 4 saturated carbocycles. The van der Waals surface area contributed by atoms with E-state index in [4.69, 9.17) is 66.3 Å². The quantitative estimate of drug-likeness (QED) is 0.0344. The third kappa shape index (κ3) is 14.0. The topological polar surface area (TPSA) is 571 Å². The summed E-state index contributed by atoms with van der Waals surface area (Å²) in [4.78, 5) is 15.8. The molecule has 0 unspecified atom stereocenters. The maximum absolute atomic E-state index is 15.8. The Morgan fingerprint density at radius 2 is 1.00 bits per heavy atom. The number of esters is 1. The SMILES string of the molecule is C[C@@H]1O[C@@H](O[C@H]2[C@H](O)[C@@H](O[C@@H]3OC[C@@H](O)[C@H](O)[C@H]3O)[C@H](O[C@H]3[C@H](O[C@H]4[C@H](OC(=O)[C@]56CCC(C)(C)C[C@@H]5C5=CC[C@@H]7[C@@]8(C)C[C@H](O)[C@H](O[C@@H]9O[C@H](CO)[C@@H](O)[C@H](O)[C@H]9O[C@@H]9OC[C@](O)(CO)[C@H]9O)[C@@](C)(CO)[C@@H]8[C@H](O)C[C@@]7(C)[C@]5(C)CC6)OC[C@H](O)[C@@H]4O)O[C@@H](C)[C@H](O)[C@H]3O)O[C@@H]2CO)[C@H](O)[C@H](O)[C@H]1O. The van der Waals surface area contributed by atoms with Crippen molar-refractivity contribution >= 4 is 5.97 Å². The average molecular weight is 1520 g/mol. The van der Waals surface area contributed by atoms with E-state index in [0.29, 0.717) is 32.1 Å². The first-order chi connectivity index (χ1) is 49.2. The number of ether oxygens (including phenoxy) is 14. The molecule has 0 amide bonds. The molecular formula is C69H112O36. The van der Waals surface area contributed by atoms with E-state index in [1.807, 2.05) is 6.92 Å². The highest BCUT2D eigenvalue weighted by Crippen LogP contribution is 2.76. The van der Waals surface area contributed by atoms with Crippen molar-refractivity contribution in [1.29, 1.82) is 0 Å². The molecule has 0 spiro atoms. The number of hydrogen-bond acceptors (Lipinski definition) is 36. The minimum atomic E-state index is -2.16. The summed E-state index contributed by atoms with van der Waals surface area (Å²) in [7, 11) is 0. The Bertz CT molecular complexity index is 3010. The van der Waals surface area contributed by atoms with E-state index in [2.05, 4.69) is 33.8 Å². The van der Waals surface area contributed by atoms with Crippen LogP contribution in [-0.4, -0.2) is 368 Å². The van der Waals surface area contributed by atoms with E-state index >= 15 is 4.79 Å². The number of carbonyl (C=O) groups excluding carboxylic acids is 1. The zero-order chi connectivity index (χ0) is 76.7. The van der Waals surface area contributed by atoms with Crippen molar-refractivity contribution in [1.82, 2.24) is 0 Å². The lowest BCUT2D eigenvalue weighted by Gasteiger charge is -2.72. The molecule has 7 aliphatic heterocycles. The second kappa shape index (κ2) is 30.6. The average Bonchev–Trinajstić information content (AvgIpc) is 0.957. The van der Waals surface area contributed by atoms with Crippen LogP contribution in [-0.2, 0) is 71.1 Å². The first kappa shape index (κ1) is 82.3. The Labute approximate surface area is 605 Å². The Hall–Kier alpha value is -2.15. The predicted octanol–water partition coefficient (Wildman–Crippen LogP) is -7.67. The minimum absolute atomic E-state index is 0.0149. The molecule has 0 aromatic carbocycles. The lowest BCUT2D eigenvalue weighted by molar-refractivity contribution is -0.408. The molecule has 12 rings (SSSR count). The summed E-state index contributed by atoms with van der Waals surface area (Å²) in [6.45, 7) is 9.60. The number of hydrogen-bond donors (Lipinski definition) is 21. The molecular weight excluding hydrogens is 1400 g/mol. The number of fused-ring (bicyclic) bond motifs is 7. The Morgan fingerprint density at radius 1 is 0.476 bits per heavy atom. The summed E-state index contributed by atoms with van der Waals surface area (Å²) in [5.41, 5.74) is -6.91. The zero-order valence-electron chi connectivity index (χ0n) is 60.0. The van der Waals surface area contributed by atoms with Crippen LogP contribution in [0.15, 0.2) is 11.6 Å². The van der Waals surface area contributed by atoms with Crippen molar-refractivity contribution in [3.8, 4) is 0 Å². The summed E-state index contributed by atoms with van der Waals surface area (Å²) < 4.78 is 84.6. The molecule has 7 saturated heterocycles. The number of aliphatic hydroxyl groups excluding tert-OH is 20. The van der Waals surface area contributed by atoms with Gasteiger partial charge in [-0.05, 0) is 98.7 Å². The normalized spacial score (nSPS) is 55.8. The van der Waals surface area contributed by atoms with E-state index in [1.54, 1.807) is 6.92 Å². The van der Waals surface area contributed by atoms with E-state index in [-0.39, 0.29) is 30.6 Å². The van der Waals surface area contributed by atoms with Crippen molar-refractivity contribution in [2.24, 2.45) is 50.2 Å². The van der Waals surface area contributed by atoms with Gasteiger partial charge < -0.3 is 174 Å². The van der Waals surface area contributed by atoms with Gasteiger partial charge in [0.2, 0.25) is 6.29 Å². The number of allylic oxidation sites excluding steroid dienone is 2. The summed E-state index contributed by atoms with van der Waals surface area (Å²) in [6.07, 6.45) is -53.5. The van der Waals surface area contributed by atoms with Crippen LogP contribution in [0.3, 0.4) is 0 Å². The van der Waals surface area contributed by atoms with E-state index in [9.17, 15) is 107 Å².